The lowest BCUT2D eigenvalue weighted by Gasteiger charge is -1.98. The predicted molar refractivity (Wildman–Crippen MR) is 50.6 cm³/mol. The molecule has 0 saturated heterocycles. The van der Waals surface area contributed by atoms with Gasteiger partial charge in [-0.15, -0.1) is 0 Å². The SMILES string of the molecule is Clc1ccc2nc[c]c(Cl)c2c1. The van der Waals surface area contributed by atoms with Crippen molar-refractivity contribution in [1.82, 2.24) is 4.98 Å². The first kappa shape index (κ1) is 7.84. The molecule has 0 saturated carbocycles. The number of hydrogen-bond acceptors (Lipinski definition) is 1. The highest BCUT2D eigenvalue weighted by Gasteiger charge is 1.99. The Morgan fingerprint density at radius 3 is 2.92 bits per heavy atom. The summed E-state index contributed by atoms with van der Waals surface area (Å²) in [6.45, 7) is 0. The number of aromatic nitrogens is 1. The van der Waals surface area contributed by atoms with E-state index in [1.807, 2.05) is 6.07 Å². The Hall–Kier alpha value is -0.790. The number of rotatable bonds is 0. The zero-order valence-corrected chi connectivity index (χ0v) is 7.52. The summed E-state index contributed by atoms with van der Waals surface area (Å²) in [4.78, 5) is 4.08. The molecule has 0 atom stereocenters. The molecule has 12 heavy (non-hydrogen) atoms. The molecule has 1 aromatic heterocycles. The van der Waals surface area contributed by atoms with E-state index in [1.165, 1.54) is 0 Å². The van der Waals surface area contributed by atoms with Crippen LogP contribution >= 0.6 is 23.2 Å². The van der Waals surface area contributed by atoms with E-state index >= 15 is 0 Å². The van der Waals surface area contributed by atoms with Crippen molar-refractivity contribution in [2.24, 2.45) is 0 Å². The van der Waals surface area contributed by atoms with Crippen LogP contribution in [0, 0.1) is 6.07 Å². The summed E-state index contributed by atoms with van der Waals surface area (Å²) in [5, 5.41) is 2.06. The first-order chi connectivity index (χ1) is 5.77. The van der Waals surface area contributed by atoms with Gasteiger partial charge in [-0.3, -0.25) is 4.98 Å². The number of pyridine rings is 1. The van der Waals surface area contributed by atoms with Gasteiger partial charge in [0.15, 0.2) is 0 Å². The van der Waals surface area contributed by atoms with Gasteiger partial charge in [-0.2, -0.15) is 0 Å². The highest BCUT2D eigenvalue weighted by molar-refractivity contribution is 6.36. The number of hydrogen-bond donors (Lipinski definition) is 0. The second kappa shape index (κ2) is 2.92. The lowest BCUT2D eigenvalue weighted by atomic mass is 10.2. The van der Waals surface area contributed by atoms with Crippen molar-refractivity contribution in [1.29, 1.82) is 0 Å². The van der Waals surface area contributed by atoms with Crippen LogP contribution in [0.4, 0.5) is 0 Å². The minimum Gasteiger partial charge on any atom is -0.256 e. The van der Waals surface area contributed by atoms with E-state index < -0.39 is 0 Å². The molecule has 3 heteroatoms. The van der Waals surface area contributed by atoms with Gasteiger partial charge in [0.25, 0.3) is 0 Å². The maximum atomic E-state index is 5.87. The lowest BCUT2D eigenvalue weighted by Crippen LogP contribution is -1.78. The molecule has 0 unspecified atom stereocenters. The molecule has 0 spiro atoms. The van der Waals surface area contributed by atoms with Crippen molar-refractivity contribution in [3.8, 4) is 0 Å². The van der Waals surface area contributed by atoms with Crippen molar-refractivity contribution < 1.29 is 0 Å². The molecule has 59 valence electrons. The average molecular weight is 197 g/mol. The molecule has 0 fully saturated rings. The number of halogens is 2. The van der Waals surface area contributed by atoms with Crippen LogP contribution in [-0.2, 0) is 0 Å². The molecule has 0 aliphatic carbocycles. The molecule has 1 aromatic carbocycles. The van der Waals surface area contributed by atoms with Crippen LogP contribution in [0.5, 0.6) is 0 Å². The minimum atomic E-state index is 0.558. The van der Waals surface area contributed by atoms with E-state index in [0.29, 0.717) is 10.0 Å². The molecule has 1 heterocycles. The van der Waals surface area contributed by atoms with E-state index in [0.717, 1.165) is 10.9 Å². The fourth-order valence-electron chi connectivity index (χ4n) is 1.03. The van der Waals surface area contributed by atoms with Crippen LogP contribution in [0.15, 0.2) is 24.4 Å². The Balaban J connectivity index is 2.88. The van der Waals surface area contributed by atoms with E-state index in [9.17, 15) is 0 Å². The van der Waals surface area contributed by atoms with Gasteiger partial charge < -0.3 is 0 Å². The zero-order chi connectivity index (χ0) is 8.55. The number of nitrogens with zero attached hydrogens (tertiary/aromatic N) is 1. The van der Waals surface area contributed by atoms with E-state index in [2.05, 4.69) is 11.1 Å². The first-order valence-corrected chi connectivity index (χ1v) is 4.14. The zero-order valence-electron chi connectivity index (χ0n) is 6.01. The second-order valence-electron chi connectivity index (χ2n) is 2.38. The van der Waals surface area contributed by atoms with Crippen molar-refractivity contribution in [3.05, 3.63) is 40.5 Å². The van der Waals surface area contributed by atoms with Gasteiger partial charge in [-0.25, -0.2) is 0 Å². The maximum Gasteiger partial charge on any atom is 0.0718 e. The second-order valence-corrected chi connectivity index (χ2v) is 3.19. The van der Waals surface area contributed by atoms with Gasteiger partial charge in [-0.1, -0.05) is 23.2 Å². The Morgan fingerprint density at radius 1 is 1.25 bits per heavy atom. The van der Waals surface area contributed by atoms with Gasteiger partial charge in [-0.05, 0) is 18.2 Å². The van der Waals surface area contributed by atoms with Crippen LogP contribution in [0.25, 0.3) is 10.9 Å². The molecule has 0 aliphatic heterocycles. The lowest BCUT2D eigenvalue weighted by molar-refractivity contribution is 1.41. The van der Waals surface area contributed by atoms with Crippen molar-refractivity contribution in [2.45, 2.75) is 0 Å². The Kier molecular flexibility index (Phi) is 1.91. The van der Waals surface area contributed by atoms with Gasteiger partial charge in [0.2, 0.25) is 0 Å². The quantitative estimate of drug-likeness (QED) is 0.631. The highest BCUT2D eigenvalue weighted by Crippen LogP contribution is 2.23. The highest BCUT2D eigenvalue weighted by atomic mass is 35.5. The molecule has 2 rings (SSSR count). The summed E-state index contributed by atoms with van der Waals surface area (Å²) in [5.41, 5.74) is 0.836. The molecule has 0 aliphatic rings. The molecular formula is C9H4Cl2N. The van der Waals surface area contributed by atoms with E-state index in [1.54, 1.807) is 18.3 Å². The van der Waals surface area contributed by atoms with Crippen LogP contribution in [0.3, 0.4) is 0 Å². The molecule has 0 bridgehead atoms. The number of fused-ring (bicyclic) bond motifs is 1. The summed E-state index contributed by atoms with van der Waals surface area (Å²) in [6.07, 6.45) is 1.55. The molecular weight excluding hydrogens is 193 g/mol. The van der Waals surface area contributed by atoms with Crippen LogP contribution in [0.2, 0.25) is 10.0 Å². The first-order valence-electron chi connectivity index (χ1n) is 3.39. The van der Waals surface area contributed by atoms with Crippen molar-refractivity contribution in [3.63, 3.8) is 0 Å². The summed E-state index contributed by atoms with van der Waals surface area (Å²) >= 11 is 11.7. The maximum absolute atomic E-state index is 5.87. The van der Waals surface area contributed by atoms with Crippen molar-refractivity contribution in [2.75, 3.05) is 0 Å². The van der Waals surface area contributed by atoms with Gasteiger partial charge in [0, 0.05) is 22.7 Å². The Morgan fingerprint density at radius 2 is 2.08 bits per heavy atom. The van der Waals surface area contributed by atoms with Gasteiger partial charge in [0.1, 0.15) is 0 Å². The summed E-state index contributed by atoms with van der Waals surface area (Å²) in [5.74, 6) is 0. The molecule has 0 amide bonds. The molecule has 2 aromatic rings. The Labute approximate surface area is 79.9 Å². The molecule has 1 radical (unpaired) electrons. The summed E-state index contributed by atoms with van der Waals surface area (Å²) < 4.78 is 0. The third kappa shape index (κ3) is 1.26. The fourth-order valence-corrected chi connectivity index (χ4v) is 1.41. The van der Waals surface area contributed by atoms with Gasteiger partial charge >= 0.3 is 0 Å². The normalized spacial score (nSPS) is 10.5. The Bertz CT molecular complexity index is 426. The smallest absolute Gasteiger partial charge is 0.0718 e. The standard InChI is InChI=1S/C9H4Cl2N/c10-6-1-2-9-7(5-6)8(11)3-4-12-9/h1-2,4-5H. The van der Waals surface area contributed by atoms with Crippen LogP contribution in [-0.4, -0.2) is 4.98 Å². The average Bonchev–Trinajstić information content (AvgIpc) is 2.07. The third-order valence-corrected chi connectivity index (χ3v) is 2.14. The van der Waals surface area contributed by atoms with Gasteiger partial charge in [0.05, 0.1) is 10.5 Å². The fraction of sp³-hybridized carbons (Fsp3) is 0. The number of benzene rings is 1. The topological polar surface area (TPSA) is 12.9 Å². The van der Waals surface area contributed by atoms with E-state index in [4.69, 9.17) is 23.2 Å². The molecule has 0 N–H and O–H groups in total. The van der Waals surface area contributed by atoms with Crippen LogP contribution in [0.1, 0.15) is 0 Å². The molecule has 1 nitrogen and oxygen atoms in total. The third-order valence-electron chi connectivity index (χ3n) is 1.59. The van der Waals surface area contributed by atoms with E-state index in [-0.39, 0.29) is 0 Å². The predicted octanol–water partition coefficient (Wildman–Crippen LogP) is 3.34. The summed E-state index contributed by atoms with van der Waals surface area (Å²) in [6, 6.07) is 8.19. The summed E-state index contributed by atoms with van der Waals surface area (Å²) in [7, 11) is 0. The van der Waals surface area contributed by atoms with Crippen molar-refractivity contribution >= 4 is 34.1 Å². The largest absolute Gasteiger partial charge is 0.256 e. The van der Waals surface area contributed by atoms with Crippen LogP contribution < -0.4 is 0 Å². The monoisotopic (exact) mass is 196 g/mol. The minimum absolute atomic E-state index is 0.558.